The Morgan fingerprint density at radius 1 is 1.11 bits per heavy atom. The Labute approximate surface area is 221 Å². The summed E-state index contributed by atoms with van der Waals surface area (Å²) in [4.78, 5) is 30.4. The van der Waals surface area contributed by atoms with Crippen molar-refractivity contribution < 1.29 is 23.5 Å². The first-order chi connectivity index (χ1) is 18.0. The normalized spacial score (nSPS) is 10.9. The van der Waals surface area contributed by atoms with Crippen molar-refractivity contribution in [3.05, 3.63) is 88.2 Å². The molecular formula is C26H23ClF2N6O3. The Hall–Kier alpha value is -4.51. The molecule has 5 N–H and O–H groups in total. The van der Waals surface area contributed by atoms with Gasteiger partial charge in [-0.1, -0.05) is 11.6 Å². The number of amidine groups is 1. The highest BCUT2D eigenvalue weighted by molar-refractivity contribution is 6.31. The van der Waals surface area contributed by atoms with Crippen molar-refractivity contribution in [2.45, 2.75) is 13.0 Å². The van der Waals surface area contributed by atoms with Gasteiger partial charge in [0, 0.05) is 30.4 Å². The summed E-state index contributed by atoms with van der Waals surface area (Å²) in [5.41, 5.74) is 7.59. The number of aryl methyl sites for hydroxylation is 1. The summed E-state index contributed by atoms with van der Waals surface area (Å²) in [5, 5.41) is 19.3. The number of nitrogens with one attached hydrogen (secondary N) is 2. The van der Waals surface area contributed by atoms with Crippen molar-refractivity contribution in [1.29, 1.82) is 5.41 Å². The number of hydrogen-bond donors (Lipinski definition) is 4. The fourth-order valence-corrected chi connectivity index (χ4v) is 4.08. The summed E-state index contributed by atoms with van der Waals surface area (Å²) in [6.45, 7) is 0.0170. The lowest BCUT2D eigenvalue weighted by atomic mass is 10.1. The highest BCUT2D eigenvalue weighted by Gasteiger charge is 2.21. The van der Waals surface area contributed by atoms with E-state index < -0.39 is 23.5 Å². The van der Waals surface area contributed by atoms with E-state index in [1.165, 1.54) is 35.2 Å². The number of halogens is 3. The summed E-state index contributed by atoms with van der Waals surface area (Å²) in [6.07, 6.45) is -0.327. The minimum absolute atomic E-state index is 0.153. The van der Waals surface area contributed by atoms with Gasteiger partial charge in [0.1, 0.15) is 23.3 Å². The van der Waals surface area contributed by atoms with Gasteiger partial charge in [0.25, 0.3) is 5.91 Å². The fraction of sp³-hybridized carbons (Fsp3) is 0.154. The monoisotopic (exact) mass is 540 g/mol. The molecule has 9 nitrogen and oxygen atoms in total. The molecule has 0 unspecified atom stereocenters. The van der Waals surface area contributed by atoms with Gasteiger partial charge in [-0.2, -0.15) is 0 Å². The van der Waals surface area contributed by atoms with Crippen molar-refractivity contribution >= 4 is 51.7 Å². The third-order valence-electron chi connectivity index (χ3n) is 5.95. The minimum atomic E-state index is -1.10. The van der Waals surface area contributed by atoms with E-state index in [0.29, 0.717) is 16.9 Å². The third kappa shape index (κ3) is 5.57. The van der Waals surface area contributed by atoms with E-state index >= 15 is 0 Å². The molecule has 0 saturated carbocycles. The van der Waals surface area contributed by atoms with E-state index in [9.17, 15) is 18.4 Å². The zero-order chi connectivity index (χ0) is 27.6. The van der Waals surface area contributed by atoms with Crippen LogP contribution in [0, 0.1) is 17.0 Å². The molecule has 1 aromatic heterocycles. The molecule has 196 valence electrons. The number of anilines is 2. The molecule has 0 aliphatic heterocycles. The second kappa shape index (κ2) is 10.9. The van der Waals surface area contributed by atoms with Gasteiger partial charge in [0.2, 0.25) is 0 Å². The van der Waals surface area contributed by atoms with Crippen LogP contribution < -0.4 is 16.0 Å². The van der Waals surface area contributed by atoms with Gasteiger partial charge in [-0.15, -0.1) is 0 Å². The molecule has 0 aliphatic carbocycles. The Morgan fingerprint density at radius 2 is 1.84 bits per heavy atom. The lowest BCUT2D eigenvalue weighted by Gasteiger charge is -2.22. The van der Waals surface area contributed by atoms with Crippen LogP contribution in [0.25, 0.3) is 11.0 Å². The molecule has 0 spiro atoms. The summed E-state index contributed by atoms with van der Waals surface area (Å²) in [6, 6.07) is 12.8. The van der Waals surface area contributed by atoms with Gasteiger partial charge < -0.3 is 25.6 Å². The van der Waals surface area contributed by atoms with Gasteiger partial charge in [-0.25, -0.2) is 13.8 Å². The van der Waals surface area contributed by atoms with Crippen LogP contribution in [0.3, 0.4) is 0 Å². The van der Waals surface area contributed by atoms with E-state index in [1.807, 2.05) is 0 Å². The van der Waals surface area contributed by atoms with E-state index in [-0.39, 0.29) is 52.9 Å². The maximum atomic E-state index is 14.4. The second-order valence-corrected chi connectivity index (χ2v) is 8.86. The maximum Gasteiger partial charge on any atom is 0.305 e. The van der Waals surface area contributed by atoms with Crippen molar-refractivity contribution in [2.24, 2.45) is 12.8 Å². The number of benzene rings is 3. The molecule has 38 heavy (non-hydrogen) atoms. The molecular weight excluding hydrogens is 518 g/mol. The molecule has 0 bridgehead atoms. The predicted octanol–water partition coefficient (Wildman–Crippen LogP) is 4.52. The Balaban J connectivity index is 1.60. The summed E-state index contributed by atoms with van der Waals surface area (Å²) >= 11 is 5.89. The molecule has 4 rings (SSSR count). The average molecular weight is 541 g/mol. The quantitative estimate of drug-likeness (QED) is 0.182. The highest BCUT2D eigenvalue weighted by Crippen LogP contribution is 2.26. The number of amides is 1. The number of nitrogens with two attached hydrogens (primary N) is 1. The van der Waals surface area contributed by atoms with Crippen LogP contribution in [0.2, 0.25) is 5.02 Å². The van der Waals surface area contributed by atoms with Crippen LogP contribution in [0.15, 0.2) is 54.6 Å². The number of hydrogen-bond acceptors (Lipinski definition) is 5. The number of carboxylic acids is 1. The number of carboxylic acid groups (broad SMARTS) is 1. The summed E-state index contributed by atoms with van der Waals surface area (Å²) in [7, 11) is 1.78. The highest BCUT2D eigenvalue weighted by atomic mass is 35.5. The number of fused-ring (bicyclic) bond motifs is 1. The lowest BCUT2D eigenvalue weighted by Crippen LogP contribution is -2.33. The van der Waals surface area contributed by atoms with Crippen molar-refractivity contribution in [1.82, 2.24) is 9.55 Å². The number of imidazole rings is 1. The smallest absolute Gasteiger partial charge is 0.305 e. The van der Waals surface area contributed by atoms with E-state index in [1.54, 1.807) is 29.8 Å². The van der Waals surface area contributed by atoms with Crippen LogP contribution in [0.1, 0.15) is 28.2 Å². The fourth-order valence-electron chi connectivity index (χ4n) is 3.91. The number of aromatic nitrogens is 2. The number of carbonyl (C=O) groups excluding carboxylic acids is 1. The van der Waals surface area contributed by atoms with Gasteiger partial charge in [0.15, 0.2) is 0 Å². The maximum absolute atomic E-state index is 14.4. The predicted molar refractivity (Wildman–Crippen MR) is 141 cm³/mol. The largest absolute Gasteiger partial charge is 0.481 e. The standard InChI is InChI=1S/C26H23ClF2N6O3/c1-34-22-7-3-15(26(38)35(9-8-24(36)37)16-4-5-18(28)17(27)12-16)11-21(22)33-23(34)13-32-20-6-2-14(25(30)31)10-19(20)29/h2-7,10-12,32H,8-9,13H2,1H3,(H3,30,31)(H,36,37). The van der Waals surface area contributed by atoms with E-state index in [4.69, 9.17) is 27.9 Å². The molecule has 0 saturated heterocycles. The third-order valence-corrected chi connectivity index (χ3v) is 6.24. The number of nitrogen functional groups attached to an aromatic ring is 1. The van der Waals surface area contributed by atoms with Crippen LogP contribution in [0.5, 0.6) is 0 Å². The zero-order valence-electron chi connectivity index (χ0n) is 20.1. The molecule has 3 aromatic carbocycles. The van der Waals surface area contributed by atoms with E-state index in [2.05, 4.69) is 10.3 Å². The molecule has 1 heterocycles. The minimum Gasteiger partial charge on any atom is -0.481 e. The number of nitrogens with zero attached hydrogens (tertiary/aromatic N) is 3. The Morgan fingerprint density at radius 3 is 2.50 bits per heavy atom. The summed E-state index contributed by atoms with van der Waals surface area (Å²) in [5.74, 6) is -2.50. The first-order valence-electron chi connectivity index (χ1n) is 11.4. The zero-order valence-corrected chi connectivity index (χ0v) is 20.9. The Kier molecular flexibility index (Phi) is 7.58. The average Bonchev–Trinajstić information content (AvgIpc) is 3.19. The number of aliphatic carboxylic acids is 1. The van der Waals surface area contributed by atoms with Crippen molar-refractivity contribution in [3.63, 3.8) is 0 Å². The first kappa shape index (κ1) is 26.6. The van der Waals surface area contributed by atoms with Crippen molar-refractivity contribution in [2.75, 3.05) is 16.8 Å². The topological polar surface area (TPSA) is 137 Å². The second-order valence-electron chi connectivity index (χ2n) is 8.45. The molecule has 0 radical (unpaired) electrons. The molecule has 0 atom stereocenters. The first-order valence-corrected chi connectivity index (χ1v) is 11.7. The molecule has 4 aromatic rings. The van der Waals surface area contributed by atoms with Gasteiger partial charge in [-0.3, -0.25) is 15.0 Å². The van der Waals surface area contributed by atoms with Crippen LogP contribution >= 0.6 is 11.6 Å². The molecule has 0 fully saturated rings. The van der Waals surface area contributed by atoms with Crippen LogP contribution in [0.4, 0.5) is 20.2 Å². The SMILES string of the molecule is Cn1c(CNc2ccc(C(=N)N)cc2F)nc2cc(C(=O)N(CCC(=O)O)c3ccc(F)c(Cl)c3)ccc21. The van der Waals surface area contributed by atoms with Crippen molar-refractivity contribution in [3.8, 4) is 0 Å². The van der Waals surface area contributed by atoms with Gasteiger partial charge >= 0.3 is 5.97 Å². The number of carbonyl (C=O) groups is 2. The molecule has 0 aliphatic rings. The number of rotatable bonds is 9. The van der Waals surface area contributed by atoms with Crippen LogP contribution in [-0.2, 0) is 18.4 Å². The molecule has 12 heteroatoms. The lowest BCUT2D eigenvalue weighted by molar-refractivity contribution is -0.136. The van der Waals surface area contributed by atoms with E-state index in [0.717, 1.165) is 6.07 Å². The van der Waals surface area contributed by atoms with Gasteiger partial charge in [-0.05, 0) is 54.6 Å². The van der Waals surface area contributed by atoms with Gasteiger partial charge in [0.05, 0.1) is 34.7 Å². The Bertz CT molecular complexity index is 1570. The summed E-state index contributed by atoms with van der Waals surface area (Å²) < 4.78 is 29.9. The molecule has 1 amide bonds. The van der Waals surface area contributed by atoms with Crippen LogP contribution in [-0.4, -0.2) is 38.9 Å².